The number of amides is 3. The number of hydrogen-bond donors (Lipinski definition) is 2. The number of imide groups is 1. The van der Waals surface area contributed by atoms with E-state index in [0.717, 1.165) is 16.7 Å². The minimum Gasteiger partial charge on any atom is -0.353 e. The van der Waals surface area contributed by atoms with E-state index < -0.39 is 33.1 Å². The highest BCUT2D eigenvalue weighted by atomic mass is 35.5. The molecule has 1 heterocycles. The number of thioether (sulfide) groups is 1. The normalized spacial score (nSPS) is 16.4. The monoisotopic (exact) mass is 493 g/mol. The number of hydrogen-bond acceptors (Lipinski definition) is 6. The summed E-state index contributed by atoms with van der Waals surface area (Å²) in [5.74, 6) is -1.06. The van der Waals surface area contributed by atoms with Gasteiger partial charge in [-0.1, -0.05) is 48.0 Å². The minimum atomic E-state index is -3.85. The number of halogens is 1. The van der Waals surface area contributed by atoms with Crippen molar-refractivity contribution in [3.63, 3.8) is 0 Å². The molecule has 8 nitrogen and oxygen atoms in total. The van der Waals surface area contributed by atoms with E-state index in [1.165, 1.54) is 19.1 Å². The van der Waals surface area contributed by atoms with E-state index in [-0.39, 0.29) is 22.9 Å². The van der Waals surface area contributed by atoms with Crippen LogP contribution < -0.4 is 10.0 Å². The average molecular weight is 494 g/mol. The molecule has 0 aliphatic carbocycles. The average Bonchev–Trinajstić information content (AvgIpc) is 3.03. The summed E-state index contributed by atoms with van der Waals surface area (Å²) in [6.07, 6.45) is 1.55. The van der Waals surface area contributed by atoms with E-state index >= 15 is 0 Å². The molecule has 3 amide bonds. The molecule has 1 aliphatic heterocycles. The zero-order chi connectivity index (χ0) is 23.3. The van der Waals surface area contributed by atoms with Gasteiger partial charge in [0.2, 0.25) is 15.9 Å². The number of rotatable bonds is 8. The van der Waals surface area contributed by atoms with Crippen molar-refractivity contribution in [1.29, 1.82) is 0 Å². The third-order valence-corrected chi connectivity index (χ3v) is 7.29. The summed E-state index contributed by atoms with van der Waals surface area (Å²) in [5, 5.41) is 2.54. The van der Waals surface area contributed by atoms with Gasteiger partial charge < -0.3 is 5.32 Å². The molecule has 1 atom stereocenters. The second-order valence-corrected chi connectivity index (χ2v) is 9.92. The lowest BCUT2D eigenvalue weighted by Gasteiger charge is -2.16. The van der Waals surface area contributed by atoms with Crippen molar-refractivity contribution < 1.29 is 22.8 Å². The van der Waals surface area contributed by atoms with E-state index in [4.69, 9.17) is 11.6 Å². The molecular weight excluding hydrogens is 474 g/mol. The highest BCUT2D eigenvalue weighted by Gasteiger charge is 2.35. The highest BCUT2D eigenvalue weighted by molar-refractivity contribution is 8.18. The van der Waals surface area contributed by atoms with E-state index in [1.807, 2.05) is 0 Å². The number of nitrogens with zero attached hydrogens (tertiary/aromatic N) is 1. The van der Waals surface area contributed by atoms with Gasteiger partial charge in [-0.2, -0.15) is 4.72 Å². The second-order valence-electron chi connectivity index (χ2n) is 6.80. The molecular formula is C21H20ClN3O5S2. The van der Waals surface area contributed by atoms with Crippen LogP contribution in [-0.2, 0) is 19.6 Å². The number of benzene rings is 2. The van der Waals surface area contributed by atoms with Gasteiger partial charge in [0, 0.05) is 18.1 Å². The summed E-state index contributed by atoms with van der Waals surface area (Å²) in [6, 6.07) is 13.6. The largest absolute Gasteiger partial charge is 0.353 e. The fraction of sp³-hybridized carbons (Fsp3) is 0.190. The molecule has 1 saturated heterocycles. The van der Waals surface area contributed by atoms with Gasteiger partial charge in [0.15, 0.2) is 0 Å². The van der Waals surface area contributed by atoms with Gasteiger partial charge in [-0.05, 0) is 48.5 Å². The van der Waals surface area contributed by atoms with Gasteiger partial charge in [0.25, 0.3) is 11.1 Å². The lowest BCUT2D eigenvalue weighted by molar-refractivity contribution is -0.124. The molecule has 0 unspecified atom stereocenters. The first-order chi connectivity index (χ1) is 15.2. The molecule has 0 saturated carbocycles. The minimum absolute atomic E-state index is 0.0202. The van der Waals surface area contributed by atoms with E-state index in [1.54, 1.807) is 48.5 Å². The molecule has 11 heteroatoms. The van der Waals surface area contributed by atoms with E-state index in [0.29, 0.717) is 10.6 Å². The first-order valence-electron chi connectivity index (χ1n) is 9.54. The fourth-order valence-corrected chi connectivity index (χ4v) is 5.09. The fourth-order valence-electron chi connectivity index (χ4n) is 2.82. The van der Waals surface area contributed by atoms with Crippen LogP contribution in [0.4, 0.5) is 4.79 Å². The zero-order valence-electron chi connectivity index (χ0n) is 16.9. The summed E-state index contributed by atoms with van der Waals surface area (Å²) in [7, 11) is -3.85. The zero-order valence-corrected chi connectivity index (χ0v) is 19.3. The van der Waals surface area contributed by atoms with Crippen LogP contribution in [0.25, 0.3) is 6.08 Å². The Morgan fingerprint density at radius 3 is 2.47 bits per heavy atom. The highest BCUT2D eigenvalue weighted by Crippen LogP contribution is 2.33. The third-order valence-electron chi connectivity index (χ3n) is 4.48. The molecule has 32 heavy (non-hydrogen) atoms. The van der Waals surface area contributed by atoms with Crippen LogP contribution in [-0.4, -0.2) is 49.5 Å². The molecule has 0 spiro atoms. The molecule has 1 fully saturated rings. The number of carbonyl (C=O) groups excluding carboxylic acids is 3. The Morgan fingerprint density at radius 1 is 1.12 bits per heavy atom. The summed E-state index contributed by atoms with van der Waals surface area (Å²) in [4.78, 5) is 38.3. The Hall–Kier alpha value is -2.66. The molecule has 2 aromatic carbocycles. The van der Waals surface area contributed by atoms with Crippen molar-refractivity contribution in [3.05, 3.63) is 70.1 Å². The van der Waals surface area contributed by atoms with Gasteiger partial charge in [0.05, 0.1) is 15.8 Å². The summed E-state index contributed by atoms with van der Waals surface area (Å²) in [5.41, 5.74) is 0.618. The van der Waals surface area contributed by atoms with Crippen molar-refractivity contribution >= 4 is 56.5 Å². The van der Waals surface area contributed by atoms with Crippen LogP contribution in [0.15, 0.2) is 64.4 Å². The van der Waals surface area contributed by atoms with Crippen molar-refractivity contribution in [2.45, 2.75) is 17.9 Å². The summed E-state index contributed by atoms with van der Waals surface area (Å²) in [6.45, 7) is 1.34. The van der Waals surface area contributed by atoms with Crippen LogP contribution >= 0.6 is 23.4 Å². The molecule has 0 aromatic heterocycles. The first-order valence-corrected chi connectivity index (χ1v) is 12.2. The lowest BCUT2D eigenvalue weighted by Crippen LogP contribution is -2.46. The third kappa shape index (κ3) is 5.77. The number of nitrogens with one attached hydrogen (secondary N) is 2. The maximum atomic E-state index is 12.6. The Labute approximate surface area is 195 Å². The molecule has 1 aliphatic rings. The molecule has 3 rings (SSSR count). The number of carbonyl (C=O) groups is 3. The van der Waals surface area contributed by atoms with Crippen molar-refractivity contribution in [3.8, 4) is 0 Å². The van der Waals surface area contributed by atoms with Gasteiger partial charge in [-0.15, -0.1) is 0 Å². The first kappa shape index (κ1) is 24.0. The van der Waals surface area contributed by atoms with E-state index in [9.17, 15) is 22.8 Å². The smallest absolute Gasteiger partial charge is 0.293 e. The lowest BCUT2D eigenvalue weighted by atomic mass is 10.2. The second kappa shape index (κ2) is 10.3. The number of sulfonamides is 1. The Kier molecular flexibility index (Phi) is 7.73. The molecule has 0 bridgehead atoms. The summed E-state index contributed by atoms with van der Waals surface area (Å²) < 4.78 is 26.9. The van der Waals surface area contributed by atoms with Gasteiger partial charge in [0.1, 0.15) is 0 Å². The predicted octanol–water partition coefficient (Wildman–Crippen LogP) is 2.86. The molecule has 168 valence electrons. The molecule has 2 N–H and O–H groups in total. The maximum absolute atomic E-state index is 12.6. The van der Waals surface area contributed by atoms with Crippen LogP contribution in [0, 0.1) is 0 Å². The Morgan fingerprint density at radius 2 is 1.78 bits per heavy atom. The van der Waals surface area contributed by atoms with Crippen LogP contribution in [0.5, 0.6) is 0 Å². The Balaban J connectivity index is 1.54. The SMILES string of the molecule is C[C@H](NS(=O)(=O)c1ccccc1)C(=O)NCCN1C(=O)SC(=Cc2ccccc2Cl)C1=O. The quantitative estimate of drug-likeness (QED) is 0.547. The van der Waals surface area contributed by atoms with E-state index in [2.05, 4.69) is 10.0 Å². The van der Waals surface area contributed by atoms with Crippen LogP contribution in [0.3, 0.4) is 0 Å². The van der Waals surface area contributed by atoms with Crippen molar-refractivity contribution in [2.24, 2.45) is 0 Å². The molecule has 0 radical (unpaired) electrons. The van der Waals surface area contributed by atoms with Gasteiger partial charge in [-0.25, -0.2) is 8.42 Å². The Bertz CT molecular complexity index is 1170. The van der Waals surface area contributed by atoms with Gasteiger partial charge in [-0.3, -0.25) is 19.3 Å². The van der Waals surface area contributed by atoms with Crippen LogP contribution in [0.1, 0.15) is 12.5 Å². The predicted molar refractivity (Wildman–Crippen MR) is 123 cm³/mol. The molecule has 2 aromatic rings. The van der Waals surface area contributed by atoms with Gasteiger partial charge >= 0.3 is 0 Å². The standard InChI is InChI=1S/C21H20ClN3O5S2/c1-14(24-32(29,30)16-8-3-2-4-9-16)19(26)23-11-12-25-20(27)18(31-21(25)28)13-15-7-5-6-10-17(15)22/h2-10,13-14,24H,11-12H2,1H3,(H,23,26)/t14-/m0/s1. The van der Waals surface area contributed by atoms with Crippen LogP contribution in [0.2, 0.25) is 5.02 Å². The van der Waals surface area contributed by atoms with Crippen molar-refractivity contribution in [1.82, 2.24) is 14.9 Å². The summed E-state index contributed by atoms with van der Waals surface area (Å²) >= 11 is 6.89. The van der Waals surface area contributed by atoms with Crippen molar-refractivity contribution in [2.75, 3.05) is 13.1 Å². The maximum Gasteiger partial charge on any atom is 0.293 e. The topological polar surface area (TPSA) is 113 Å².